The number of nitrogens with one attached hydrogen (secondary N) is 1. The van der Waals surface area contributed by atoms with Gasteiger partial charge in [0, 0.05) is 24.8 Å². The number of methoxy groups -OCH3 is 1. The molecule has 2 aromatic rings. The molecular weight excluding hydrogens is 316 g/mol. The molecule has 6 nitrogen and oxygen atoms in total. The van der Waals surface area contributed by atoms with Gasteiger partial charge in [0.15, 0.2) is 0 Å². The third-order valence-electron chi connectivity index (χ3n) is 4.81. The van der Waals surface area contributed by atoms with Gasteiger partial charge in [-0.15, -0.1) is 0 Å². The Morgan fingerprint density at radius 1 is 1.36 bits per heavy atom. The zero-order valence-electron chi connectivity index (χ0n) is 15.2. The number of para-hydroxylation sites is 1. The number of carbonyl (C=O) groups excluding carboxylic acids is 1. The number of hydrogen-bond acceptors (Lipinski definition) is 3. The number of hydrogen-bond donors (Lipinski definition) is 1. The maximum Gasteiger partial charge on any atom is 0.322 e. The Balaban J connectivity index is 1.81. The molecule has 0 saturated heterocycles. The molecule has 0 unspecified atom stereocenters. The SMILES string of the molecule is COc1ccccc1CN(C(=O)Nc1cn(C)nc1C)C1CCCC1. The fourth-order valence-electron chi connectivity index (χ4n) is 3.51. The standard InChI is InChI=1S/C19H26N4O2/c1-14-17(13-22(2)21-14)20-19(24)23(16-9-5-6-10-16)12-15-8-4-7-11-18(15)25-3/h4,7-8,11,13,16H,5-6,9-10,12H2,1-3H3,(H,20,24). The molecule has 1 fully saturated rings. The first-order valence-electron chi connectivity index (χ1n) is 8.78. The second-order valence-electron chi connectivity index (χ2n) is 6.61. The maximum absolute atomic E-state index is 13.0. The topological polar surface area (TPSA) is 59.4 Å². The second kappa shape index (κ2) is 7.59. The molecule has 1 aliphatic rings. The van der Waals surface area contributed by atoms with Crippen molar-refractivity contribution in [2.24, 2.45) is 7.05 Å². The van der Waals surface area contributed by atoms with Gasteiger partial charge in [-0.1, -0.05) is 31.0 Å². The van der Waals surface area contributed by atoms with Gasteiger partial charge in [0.05, 0.1) is 25.0 Å². The first-order chi connectivity index (χ1) is 12.1. The second-order valence-corrected chi connectivity index (χ2v) is 6.61. The van der Waals surface area contributed by atoms with Crippen LogP contribution < -0.4 is 10.1 Å². The van der Waals surface area contributed by atoms with E-state index in [9.17, 15) is 4.79 Å². The lowest BCUT2D eigenvalue weighted by Gasteiger charge is -2.29. The van der Waals surface area contributed by atoms with E-state index < -0.39 is 0 Å². The number of aryl methyl sites for hydroxylation is 2. The predicted molar refractivity (Wildman–Crippen MR) is 97.8 cm³/mol. The van der Waals surface area contributed by atoms with Gasteiger partial charge < -0.3 is 15.0 Å². The lowest BCUT2D eigenvalue weighted by molar-refractivity contribution is 0.183. The summed E-state index contributed by atoms with van der Waals surface area (Å²) >= 11 is 0. The number of rotatable bonds is 5. The van der Waals surface area contributed by atoms with Crippen molar-refractivity contribution in [3.63, 3.8) is 0 Å². The van der Waals surface area contributed by atoms with Crippen LogP contribution in [0, 0.1) is 6.92 Å². The monoisotopic (exact) mass is 342 g/mol. The van der Waals surface area contributed by atoms with Gasteiger partial charge in [0.2, 0.25) is 0 Å². The van der Waals surface area contributed by atoms with Crippen molar-refractivity contribution < 1.29 is 9.53 Å². The molecule has 0 bridgehead atoms. The van der Waals surface area contributed by atoms with Crippen molar-refractivity contribution >= 4 is 11.7 Å². The molecule has 3 rings (SSSR count). The zero-order valence-corrected chi connectivity index (χ0v) is 15.2. The summed E-state index contributed by atoms with van der Waals surface area (Å²) in [6.45, 7) is 2.44. The van der Waals surface area contributed by atoms with Crippen LogP contribution in [-0.2, 0) is 13.6 Å². The summed E-state index contributed by atoms with van der Waals surface area (Å²) in [5.41, 5.74) is 2.60. The highest BCUT2D eigenvalue weighted by Crippen LogP contribution is 2.28. The number of nitrogens with zero attached hydrogens (tertiary/aromatic N) is 3. The highest BCUT2D eigenvalue weighted by Gasteiger charge is 2.28. The van der Waals surface area contributed by atoms with E-state index in [2.05, 4.69) is 10.4 Å². The maximum atomic E-state index is 13.0. The molecule has 1 heterocycles. The van der Waals surface area contributed by atoms with E-state index in [0.717, 1.165) is 35.5 Å². The van der Waals surface area contributed by atoms with Crippen molar-refractivity contribution in [1.82, 2.24) is 14.7 Å². The van der Waals surface area contributed by atoms with Gasteiger partial charge in [-0.25, -0.2) is 4.79 Å². The normalized spacial score (nSPS) is 14.5. The van der Waals surface area contributed by atoms with Gasteiger partial charge in [0.1, 0.15) is 5.75 Å². The molecular formula is C19H26N4O2. The smallest absolute Gasteiger partial charge is 0.322 e. The van der Waals surface area contributed by atoms with Crippen LogP contribution in [0.5, 0.6) is 5.75 Å². The largest absolute Gasteiger partial charge is 0.496 e. The minimum absolute atomic E-state index is 0.0751. The number of carbonyl (C=O) groups is 1. The van der Waals surface area contributed by atoms with E-state index in [0.29, 0.717) is 6.54 Å². The minimum Gasteiger partial charge on any atom is -0.496 e. The van der Waals surface area contributed by atoms with Crippen LogP contribution in [0.25, 0.3) is 0 Å². The summed E-state index contributed by atoms with van der Waals surface area (Å²) in [7, 11) is 3.52. The molecule has 25 heavy (non-hydrogen) atoms. The summed E-state index contributed by atoms with van der Waals surface area (Å²) in [6.07, 6.45) is 6.28. The van der Waals surface area contributed by atoms with Crippen molar-refractivity contribution in [3.8, 4) is 5.75 Å². The lowest BCUT2D eigenvalue weighted by Crippen LogP contribution is -2.41. The van der Waals surface area contributed by atoms with Crippen LogP contribution in [0.1, 0.15) is 36.9 Å². The molecule has 1 N–H and O–H groups in total. The Labute approximate surface area is 148 Å². The van der Waals surface area contributed by atoms with Crippen molar-refractivity contribution in [2.45, 2.75) is 45.2 Å². The molecule has 1 aromatic heterocycles. The Kier molecular flexibility index (Phi) is 5.26. The third kappa shape index (κ3) is 3.95. The molecule has 0 atom stereocenters. The van der Waals surface area contributed by atoms with Crippen LogP contribution in [0.4, 0.5) is 10.5 Å². The Bertz CT molecular complexity index is 735. The Hall–Kier alpha value is -2.50. The number of anilines is 1. The molecule has 1 aliphatic carbocycles. The van der Waals surface area contributed by atoms with Crippen LogP contribution in [0.15, 0.2) is 30.5 Å². The summed E-state index contributed by atoms with van der Waals surface area (Å²) in [4.78, 5) is 14.9. The van der Waals surface area contributed by atoms with E-state index in [1.807, 2.05) is 49.3 Å². The van der Waals surface area contributed by atoms with Crippen molar-refractivity contribution in [3.05, 3.63) is 41.7 Å². The van der Waals surface area contributed by atoms with Crippen LogP contribution >= 0.6 is 0 Å². The van der Waals surface area contributed by atoms with E-state index in [1.54, 1.807) is 11.8 Å². The molecule has 1 aromatic carbocycles. The van der Waals surface area contributed by atoms with Crippen LogP contribution in [0.3, 0.4) is 0 Å². The molecule has 0 radical (unpaired) electrons. The number of aromatic nitrogens is 2. The van der Waals surface area contributed by atoms with E-state index in [4.69, 9.17) is 4.74 Å². The zero-order chi connectivity index (χ0) is 17.8. The van der Waals surface area contributed by atoms with E-state index in [-0.39, 0.29) is 12.1 Å². The number of ether oxygens (including phenoxy) is 1. The van der Waals surface area contributed by atoms with E-state index in [1.165, 1.54) is 12.8 Å². The summed E-state index contributed by atoms with van der Waals surface area (Å²) in [6, 6.07) is 8.07. The Morgan fingerprint density at radius 2 is 2.08 bits per heavy atom. The summed E-state index contributed by atoms with van der Waals surface area (Å²) in [5.74, 6) is 0.816. The first kappa shape index (κ1) is 17.3. The average molecular weight is 342 g/mol. The lowest BCUT2D eigenvalue weighted by atomic mass is 10.1. The quantitative estimate of drug-likeness (QED) is 0.901. The molecule has 6 heteroatoms. The number of amides is 2. The highest BCUT2D eigenvalue weighted by atomic mass is 16.5. The first-order valence-corrected chi connectivity index (χ1v) is 8.78. The van der Waals surface area contributed by atoms with Crippen LogP contribution in [0.2, 0.25) is 0 Å². The summed E-state index contributed by atoms with van der Waals surface area (Å²) in [5, 5.41) is 7.32. The van der Waals surface area contributed by atoms with Gasteiger partial charge in [-0.3, -0.25) is 4.68 Å². The minimum atomic E-state index is -0.0751. The van der Waals surface area contributed by atoms with Gasteiger partial charge >= 0.3 is 6.03 Å². The fraction of sp³-hybridized carbons (Fsp3) is 0.474. The van der Waals surface area contributed by atoms with Gasteiger partial charge in [-0.05, 0) is 25.8 Å². The van der Waals surface area contributed by atoms with E-state index >= 15 is 0 Å². The van der Waals surface area contributed by atoms with Crippen LogP contribution in [-0.4, -0.2) is 33.9 Å². The number of urea groups is 1. The predicted octanol–water partition coefficient (Wildman–Crippen LogP) is 3.71. The molecule has 1 saturated carbocycles. The summed E-state index contributed by atoms with van der Waals surface area (Å²) < 4.78 is 7.17. The van der Waals surface area contributed by atoms with Crippen molar-refractivity contribution in [1.29, 1.82) is 0 Å². The fourth-order valence-corrected chi connectivity index (χ4v) is 3.51. The van der Waals surface area contributed by atoms with Crippen molar-refractivity contribution in [2.75, 3.05) is 12.4 Å². The Morgan fingerprint density at radius 3 is 2.72 bits per heavy atom. The molecule has 0 spiro atoms. The molecule has 0 aliphatic heterocycles. The average Bonchev–Trinajstić information content (AvgIpc) is 3.23. The third-order valence-corrected chi connectivity index (χ3v) is 4.81. The molecule has 2 amide bonds. The van der Waals surface area contributed by atoms with Gasteiger partial charge in [0.25, 0.3) is 0 Å². The number of benzene rings is 1. The van der Waals surface area contributed by atoms with Gasteiger partial charge in [-0.2, -0.15) is 5.10 Å². The highest BCUT2D eigenvalue weighted by molar-refractivity contribution is 5.90. The molecule has 134 valence electrons.